The fourth-order valence-corrected chi connectivity index (χ4v) is 8.15. The number of fused-ring (bicyclic) bond motifs is 1. The lowest BCUT2D eigenvalue weighted by atomic mass is 9.95. The molecule has 0 aromatic heterocycles. The third-order valence-electron chi connectivity index (χ3n) is 12.0. The molecule has 3 amide bonds. The number of rotatable bonds is 24. The van der Waals surface area contributed by atoms with E-state index in [2.05, 4.69) is 30.0 Å². The maximum atomic E-state index is 14.5. The van der Waals surface area contributed by atoms with Gasteiger partial charge in [0.15, 0.2) is 11.5 Å². The number of carbonyl (C=O) groups excluding carboxylic acids is 3. The van der Waals surface area contributed by atoms with Gasteiger partial charge in [-0.05, 0) is 40.8 Å². The zero-order chi connectivity index (χ0) is 48.4. The highest BCUT2D eigenvalue weighted by molar-refractivity contribution is 5.93. The van der Waals surface area contributed by atoms with Crippen LogP contribution in [0, 0.1) is 0 Å². The van der Waals surface area contributed by atoms with Crippen molar-refractivity contribution in [1.82, 2.24) is 20.4 Å². The Hall–Kier alpha value is -6.87. The van der Waals surface area contributed by atoms with Gasteiger partial charge in [0.2, 0.25) is 17.7 Å². The van der Waals surface area contributed by atoms with Crippen molar-refractivity contribution < 1.29 is 38.1 Å². The second-order valence-corrected chi connectivity index (χ2v) is 17.9. The molecule has 360 valence electrons. The first-order valence-corrected chi connectivity index (χ1v) is 23.4. The summed E-state index contributed by atoms with van der Waals surface area (Å²) >= 11 is 0. The molecule has 13 heteroatoms. The largest absolute Gasteiger partial charge is 0.485 e. The summed E-state index contributed by atoms with van der Waals surface area (Å²) in [5.74, 6) is -0.465. The number of benzene rings is 6. The van der Waals surface area contributed by atoms with Crippen molar-refractivity contribution in [2.75, 3.05) is 33.9 Å². The summed E-state index contributed by atoms with van der Waals surface area (Å²) in [6.07, 6.45) is -0.198. The number of nitrogens with two attached hydrogens (primary N) is 1. The van der Waals surface area contributed by atoms with Crippen LogP contribution < -0.4 is 35.6 Å². The molecular weight excluding hydrogens is 871 g/mol. The van der Waals surface area contributed by atoms with Crippen molar-refractivity contribution in [2.45, 2.75) is 76.7 Å². The topological polar surface area (TPSA) is 159 Å². The number of nitrogens with one attached hydrogen (secondary N) is 3. The third-order valence-corrected chi connectivity index (χ3v) is 12.0. The van der Waals surface area contributed by atoms with Gasteiger partial charge in [0.1, 0.15) is 43.6 Å². The normalized spacial score (nSPS) is 15.6. The van der Waals surface area contributed by atoms with Gasteiger partial charge >= 0.3 is 0 Å². The van der Waals surface area contributed by atoms with Gasteiger partial charge in [0.05, 0.1) is 59.3 Å². The molecule has 6 aromatic carbocycles. The Morgan fingerprint density at radius 2 is 0.971 bits per heavy atom. The molecule has 5 atom stereocenters. The first kappa shape index (κ1) is 50.0. The number of amides is 3. The van der Waals surface area contributed by atoms with Crippen LogP contribution in [0.1, 0.15) is 40.3 Å². The minimum absolute atomic E-state index is 0.150. The van der Waals surface area contributed by atoms with Gasteiger partial charge < -0.3 is 45.4 Å². The highest BCUT2D eigenvalue weighted by atomic mass is 16.5. The van der Waals surface area contributed by atoms with E-state index >= 15 is 0 Å². The molecule has 0 saturated heterocycles. The SMILES string of the molecule is C[C@@H](OCc1ccccc1)[C@H](N)C(=O)N[C@H](COCc1ccccc1)C(=O)N[C@@H](COCc1ccccc1)C(=O)N[C@H]1Cc2cc(OCc3ccccc3)c(OCc3ccccc3)cc2[N+](C)(C)C1. The Bertz CT molecular complexity index is 2530. The van der Waals surface area contributed by atoms with E-state index in [9.17, 15) is 14.4 Å². The maximum absolute atomic E-state index is 14.5. The van der Waals surface area contributed by atoms with Crippen molar-refractivity contribution in [1.29, 1.82) is 0 Å². The number of quaternary nitrogens is 1. The predicted molar refractivity (Wildman–Crippen MR) is 267 cm³/mol. The molecule has 0 radical (unpaired) electrons. The van der Waals surface area contributed by atoms with E-state index in [1.807, 2.05) is 164 Å². The minimum Gasteiger partial charge on any atom is -0.485 e. The van der Waals surface area contributed by atoms with Gasteiger partial charge in [0, 0.05) is 18.1 Å². The third kappa shape index (κ3) is 15.1. The summed E-state index contributed by atoms with van der Waals surface area (Å²) in [6, 6.07) is 48.8. The number of likely N-dealkylation sites (N-methyl/N-ethyl adjacent to an activating group) is 1. The molecule has 0 unspecified atom stereocenters. The Kier molecular flexibility index (Phi) is 18.1. The number of carbonyl (C=O) groups is 3. The monoisotopic (exact) mass is 934 g/mol. The Balaban J connectivity index is 1.08. The van der Waals surface area contributed by atoms with Crippen LogP contribution >= 0.6 is 0 Å². The average Bonchev–Trinajstić information content (AvgIpc) is 3.37. The summed E-state index contributed by atoms with van der Waals surface area (Å²) in [5, 5.41) is 8.91. The molecule has 0 saturated carbocycles. The molecule has 69 heavy (non-hydrogen) atoms. The van der Waals surface area contributed by atoms with Crippen molar-refractivity contribution >= 4 is 23.4 Å². The highest BCUT2D eigenvalue weighted by Crippen LogP contribution is 2.41. The molecule has 7 rings (SSSR count). The molecule has 13 nitrogen and oxygen atoms in total. The maximum Gasteiger partial charge on any atom is 0.245 e. The van der Waals surface area contributed by atoms with Crippen molar-refractivity contribution in [3.8, 4) is 11.5 Å². The first-order valence-electron chi connectivity index (χ1n) is 23.4. The van der Waals surface area contributed by atoms with Crippen molar-refractivity contribution in [2.24, 2.45) is 5.73 Å². The first-order chi connectivity index (χ1) is 33.5. The van der Waals surface area contributed by atoms with Crippen LogP contribution in [0.25, 0.3) is 0 Å². The molecule has 6 aromatic rings. The molecule has 1 heterocycles. The lowest BCUT2D eigenvalue weighted by Crippen LogP contribution is -2.61. The van der Waals surface area contributed by atoms with E-state index in [0.717, 1.165) is 39.1 Å². The van der Waals surface area contributed by atoms with Gasteiger partial charge in [-0.3, -0.25) is 18.9 Å². The fourth-order valence-electron chi connectivity index (χ4n) is 8.15. The number of hydrogen-bond donors (Lipinski definition) is 4. The zero-order valence-corrected chi connectivity index (χ0v) is 39.6. The summed E-state index contributed by atoms with van der Waals surface area (Å²) < 4.78 is 31.4. The second-order valence-electron chi connectivity index (χ2n) is 17.9. The lowest BCUT2D eigenvalue weighted by molar-refractivity contribution is -0.136. The zero-order valence-electron chi connectivity index (χ0n) is 39.6. The van der Waals surface area contributed by atoms with Gasteiger partial charge in [-0.2, -0.15) is 0 Å². The van der Waals surface area contributed by atoms with Crippen LogP contribution in [0.4, 0.5) is 5.69 Å². The molecule has 1 aliphatic rings. The Labute approximate surface area is 405 Å². The van der Waals surface area contributed by atoms with Gasteiger partial charge in [-0.15, -0.1) is 0 Å². The van der Waals surface area contributed by atoms with E-state index in [-0.39, 0.29) is 39.1 Å². The Morgan fingerprint density at radius 3 is 1.45 bits per heavy atom. The van der Waals surface area contributed by atoms with E-state index in [1.54, 1.807) is 6.92 Å². The predicted octanol–water partition coefficient (Wildman–Crippen LogP) is 6.79. The van der Waals surface area contributed by atoms with Gasteiger partial charge in [0.25, 0.3) is 0 Å². The number of hydrogen-bond acceptors (Lipinski definition) is 9. The summed E-state index contributed by atoms with van der Waals surface area (Å²) in [4.78, 5) is 42.6. The molecule has 0 spiro atoms. The standard InChI is InChI=1S/C56H63N5O8/c1-40(67-35-43-23-13-6-14-24-43)53(57)56(64)60-49(39-66-34-42-21-11-5-12-22-42)55(63)59-48(38-65-33-41-19-9-4-10-20-41)54(62)58-47-29-46-30-51(68-36-44-25-15-7-16-26-44)52(31-50(46)61(2,3)32-47)69-37-45-27-17-8-18-28-45/h4-28,30-31,40,47-49,53H,29,32-39,57H2,1-3H3,(H2-,58,59,60,62,63,64)/p+1/t40-,47+,48+,49-,53+/m1/s1. The molecule has 1 aliphatic heterocycles. The number of nitrogens with zero attached hydrogens (tertiary/aromatic N) is 1. The summed E-state index contributed by atoms with van der Waals surface area (Å²) in [6.45, 7) is 3.25. The molecule has 0 fully saturated rings. The minimum atomic E-state index is -1.22. The van der Waals surface area contributed by atoms with Crippen LogP contribution in [0.3, 0.4) is 0 Å². The smallest absolute Gasteiger partial charge is 0.245 e. The van der Waals surface area contributed by atoms with Crippen LogP contribution in [-0.4, -0.2) is 81.8 Å². The lowest BCUT2D eigenvalue weighted by Gasteiger charge is -2.40. The van der Waals surface area contributed by atoms with Crippen LogP contribution in [0.5, 0.6) is 11.5 Å². The van der Waals surface area contributed by atoms with E-state index < -0.39 is 42.0 Å². The van der Waals surface area contributed by atoms with E-state index in [4.69, 9.17) is 29.4 Å². The quantitative estimate of drug-likeness (QED) is 0.0480. The summed E-state index contributed by atoms with van der Waals surface area (Å²) in [7, 11) is 4.18. The van der Waals surface area contributed by atoms with Crippen LogP contribution in [-0.2, 0) is 68.0 Å². The molecule has 5 N–H and O–H groups in total. The average molecular weight is 935 g/mol. The Morgan fingerprint density at radius 1 is 0.565 bits per heavy atom. The molecule has 0 bridgehead atoms. The summed E-state index contributed by atoms with van der Waals surface area (Å²) in [5.41, 5.74) is 13.2. The highest BCUT2D eigenvalue weighted by Gasteiger charge is 2.38. The van der Waals surface area contributed by atoms with Crippen molar-refractivity contribution in [3.05, 3.63) is 197 Å². The number of ether oxygens (including phenoxy) is 5. The fraction of sp³-hybridized carbons (Fsp3) is 0.304. The van der Waals surface area contributed by atoms with E-state index in [1.165, 1.54) is 0 Å². The van der Waals surface area contributed by atoms with Crippen LogP contribution in [0.2, 0.25) is 0 Å². The van der Waals surface area contributed by atoms with Gasteiger partial charge in [-0.25, -0.2) is 0 Å². The van der Waals surface area contributed by atoms with Gasteiger partial charge in [-0.1, -0.05) is 152 Å². The molecule has 0 aliphatic carbocycles. The van der Waals surface area contributed by atoms with Crippen molar-refractivity contribution in [3.63, 3.8) is 0 Å². The second kappa shape index (κ2) is 24.9. The van der Waals surface area contributed by atoms with Crippen LogP contribution in [0.15, 0.2) is 164 Å². The molecular formula is C56H64N5O8+. The van der Waals surface area contributed by atoms with E-state index in [0.29, 0.717) is 42.2 Å².